The molecule has 4 bridgehead atoms. The summed E-state index contributed by atoms with van der Waals surface area (Å²) in [5.74, 6) is -29.4. The summed E-state index contributed by atoms with van der Waals surface area (Å²) in [6.07, 6.45) is 0.966. The van der Waals surface area contributed by atoms with E-state index in [1.54, 1.807) is 20.8 Å². The topological polar surface area (TPSA) is 154 Å². The Labute approximate surface area is 289 Å². The van der Waals surface area contributed by atoms with E-state index in [-0.39, 0.29) is 39.4 Å². The summed E-state index contributed by atoms with van der Waals surface area (Å²) in [5, 5.41) is 20.6. The molecule has 2 N–H and O–H groups in total. The van der Waals surface area contributed by atoms with E-state index >= 15 is 8.78 Å². The third kappa shape index (κ3) is 6.12. The van der Waals surface area contributed by atoms with Crippen molar-refractivity contribution in [3.63, 3.8) is 0 Å². The van der Waals surface area contributed by atoms with E-state index in [9.17, 15) is 43.0 Å². The second-order valence-electron chi connectivity index (χ2n) is 16.8. The maximum atomic E-state index is 16.2. The van der Waals surface area contributed by atoms with E-state index in [0.29, 0.717) is 12.8 Å². The molecule has 4 saturated carbocycles. The molecule has 0 amide bonds. The monoisotopic (exact) mass is 718 g/mol. The Kier molecular flexibility index (Phi) is 10.0. The van der Waals surface area contributed by atoms with Gasteiger partial charge in [-0.15, -0.1) is 0 Å². The molecule has 0 aromatic rings. The average Bonchev–Trinajstić information content (AvgIpc) is 3.82. The molecule has 10 nitrogen and oxygen atoms in total. The number of ether oxygens (including phenoxy) is 3. The van der Waals surface area contributed by atoms with Gasteiger partial charge >= 0.3 is 41.7 Å². The van der Waals surface area contributed by atoms with Crippen molar-refractivity contribution in [1.29, 1.82) is 0 Å². The normalized spacial score (nSPS) is 38.4. The van der Waals surface area contributed by atoms with Crippen LogP contribution in [0.3, 0.4) is 0 Å². The second kappa shape index (κ2) is 13.0. The van der Waals surface area contributed by atoms with Crippen LogP contribution in [0.2, 0.25) is 0 Å². The first-order valence-electron chi connectivity index (χ1n) is 17.8. The Balaban J connectivity index is 1.59. The van der Waals surface area contributed by atoms with Crippen molar-refractivity contribution in [2.75, 3.05) is 13.2 Å². The van der Waals surface area contributed by atoms with Gasteiger partial charge in [0.2, 0.25) is 0 Å². The van der Waals surface area contributed by atoms with Crippen LogP contribution in [-0.2, 0) is 38.2 Å². The van der Waals surface area contributed by atoms with Gasteiger partial charge < -0.3 is 24.4 Å². The molecule has 1 heterocycles. The molecule has 282 valence electrons. The van der Waals surface area contributed by atoms with Crippen LogP contribution < -0.4 is 0 Å². The molecular formula is C36H50F4O10. The highest BCUT2D eigenvalue weighted by Gasteiger charge is 2.75. The number of carbonyl (C=O) groups excluding carboxylic acids is 4. The van der Waals surface area contributed by atoms with Gasteiger partial charge in [0.25, 0.3) is 0 Å². The van der Waals surface area contributed by atoms with Crippen molar-refractivity contribution in [2.45, 2.75) is 98.0 Å². The predicted octanol–water partition coefficient (Wildman–Crippen LogP) is 5.38. The van der Waals surface area contributed by atoms with Crippen LogP contribution in [0.5, 0.6) is 0 Å². The van der Waals surface area contributed by atoms with Crippen molar-refractivity contribution in [3.8, 4) is 0 Å². The van der Waals surface area contributed by atoms with Crippen molar-refractivity contribution in [2.24, 2.45) is 82.3 Å². The highest BCUT2D eigenvalue weighted by atomic mass is 19.3. The highest BCUT2D eigenvalue weighted by molar-refractivity contribution is 5.96. The third-order valence-electron chi connectivity index (χ3n) is 13.2. The van der Waals surface area contributed by atoms with Crippen LogP contribution in [0.25, 0.3) is 0 Å². The number of aliphatic hydroxyl groups is 1. The average molecular weight is 719 g/mol. The largest absolute Gasteiger partial charge is 0.481 e. The maximum absolute atomic E-state index is 16.2. The molecule has 13 atom stereocenters. The number of esters is 4. The number of hydrogen-bond acceptors (Lipinski definition) is 9. The number of carbonyl (C=O) groups is 5. The summed E-state index contributed by atoms with van der Waals surface area (Å²) in [4.78, 5) is 66.1. The van der Waals surface area contributed by atoms with Crippen LogP contribution in [-0.4, -0.2) is 70.7 Å². The summed E-state index contributed by atoms with van der Waals surface area (Å²) >= 11 is 0. The molecule has 5 rings (SSSR count). The summed E-state index contributed by atoms with van der Waals surface area (Å²) in [6.45, 7) is 9.51. The first-order chi connectivity index (χ1) is 23.1. The van der Waals surface area contributed by atoms with Crippen molar-refractivity contribution in [3.05, 3.63) is 0 Å². The number of aliphatic carboxylic acids is 1. The van der Waals surface area contributed by atoms with Crippen LogP contribution in [0.4, 0.5) is 17.6 Å². The molecule has 13 unspecified atom stereocenters. The summed E-state index contributed by atoms with van der Waals surface area (Å²) in [6, 6.07) is 0. The van der Waals surface area contributed by atoms with E-state index < -0.39 is 130 Å². The molecule has 4 aliphatic carbocycles. The smallest absolute Gasteiger partial charge is 0.317 e. The van der Waals surface area contributed by atoms with Crippen LogP contribution in [0, 0.1) is 82.3 Å². The minimum atomic E-state index is -4.63. The molecule has 5 fully saturated rings. The number of hydrogen-bond donors (Lipinski definition) is 2. The molecule has 14 heteroatoms. The number of rotatable bonds is 12. The number of carboxylic acid groups (broad SMARTS) is 1. The van der Waals surface area contributed by atoms with E-state index in [1.807, 2.05) is 13.8 Å². The van der Waals surface area contributed by atoms with Gasteiger partial charge in [-0.05, 0) is 94.3 Å². The second-order valence-corrected chi connectivity index (χ2v) is 16.8. The van der Waals surface area contributed by atoms with Gasteiger partial charge in [-0.3, -0.25) is 24.0 Å². The fraction of sp³-hybridized carbons (Fsp3) is 0.861. The molecule has 50 heavy (non-hydrogen) atoms. The molecule has 5 aliphatic rings. The van der Waals surface area contributed by atoms with E-state index in [4.69, 9.17) is 14.2 Å². The van der Waals surface area contributed by atoms with Crippen molar-refractivity contribution < 1.29 is 66.0 Å². The van der Waals surface area contributed by atoms with Crippen molar-refractivity contribution in [1.82, 2.24) is 0 Å². The summed E-state index contributed by atoms with van der Waals surface area (Å²) in [7, 11) is 0. The molecule has 1 saturated heterocycles. The Morgan fingerprint density at radius 1 is 0.840 bits per heavy atom. The molecule has 0 spiro atoms. The predicted molar refractivity (Wildman–Crippen MR) is 166 cm³/mol. The fourth-order valence-electron chi connectivity index (χ4n) is 10.8. The molecule has 1 aliphatic heterocycles. The van der Waals surface area contributed by atoms with Gasteiger partial charge in [0.05, 0.1) is 42.8 Å². The number of alkyl halides is 4. The number of cyclic esters (lactones) is 2. The number of carboxylic acids is 1. The lowest BCUT2D eigenvalue weighted by Crippen LogP contribution is -2.57. The first-order valence-corrected chi connectivity index (χ1v) is 17.8. The molecule has 0 aromatic heterocycles. The Hall–Kier alpha value is -2.77. The number of fused-ring (bicyclic) bond motifs is 4. The quantitative estimate of drug-likeness (QED) is 0.116. The van der Waals surface area contributed by atoms with E-state index in [2.05, 4.69) is 0 Å². The molecule has 0 aromatic carbocycles. The zero-order valence-electron chi connectivity index (χ0n) is 29.6. The number of aliphatic hydroxyl groups excluding tert-OH is 1. The van der Waals surface area contributed by atoms with Gasteiger partial charge in [-0.1, -0.05) is 20.8 Å². The SMILES string of the molecule is CCC(CC)(CO)COC(=O)C1C2CC(C1C(=O)O)C(C1C3CC(C(=O)OC(C)(C)C)C(C3)C1C(F)(F)C(C)(F)F)C2C1C(=O)OC(=O)C1C. The Morgan fingerprint density at radius 3 is 1.92 bits per heavy atom. The van der Waals surface area contributed by atoms with E-state index in [0.717, 1.165) is 0 Å². The van der Waals surface area contributed by atoms with Crippen LogP contribution >= 0.6 is 0 Å². The first kappa shape index (κ1) is 38.5. The van der Waals surface area contributed by atoms with Gasteiger partial charge in [0.1, 0.15) is 5.60 Å². The lowest BCUT2D eigenvalue weighted by atomic mass is 9.54. The fourth-order valence-corrected chi connectivity index (χ4v) is 10.8. The van der Waals surface area contributed by atoms with Gasteiger partial charge in [-0.2, -0.15) is 8.78 Å². The van der Waals surface area contributed by atoms with Gasteiger partial charge in [0, 0.05) is 18.3 Å². The minimum absolute atomic E-state index is 0.00436. The van der Waals surface area contributed by atoms with Gasteiger partial charge in [0.15, 0.2) is 0 Å². The zero-order chi connectivity index (χ0) is 37.5. The van der Waals surface area contributed by atoms with E-state index in [1.165, 1.54) is 6.92 Å². The lowest BCUT2D eigenvalue weighted by molar-refractivity contribution is -0.254. The van der Waals surface area contributed by atoms with Crippen molar-refractivity contribution >= 4 is 29.8 Å². The standard InChI is InChI=1S/C36H50F4O10/c1-8-35(9-2,13-41)14-48-31(46)26-20-12-19(25(26)28(42)43)24(23(20)21-15(3)29(44)49-32(21)47)22-16-10-17(27(22)36(39,40)34(7,37)38)18(11-16)30(45)50-33(4,5)6/h15-27,41H,8-14H2,1-7H3,(H,42,43). The third-order valence-corrected chi connectivity index (χ3v) is 13.2. The van der Waals surface area contributed by atoms with Gasteiger partial charge in [-0.25, -0.2) is 8.78 Å². The van der Waals surface area contributed by atoms with Crippen LogP contribution in [0.15, 0.2) is 0 Å². The summed E-state index contributed by atoms with van der Waals surface area (Å²) in [5.41, 5.74) is -1.74. The Bertz CT molecular complexity index is 1370. The lowest BCUT2D eigenvalue weighted by Gasteiger charge is -2.50. The summed E-state index contributed by atoms with van der Waals surface area (Å²) < 4.78 is 78.6. The number of halogens is 4. The Morgan fingerprint density at radius 2 is 1.44 bits per heavy atom. The van der Waals surface area contributed by atoms with Crippen LogP contribution in [0.1, 0.15) is 80.6 Å². The zero-order valence-corrected chi connectivity index (χ0v) is 29.6. The minimum Gasteiger partial charge on any atom is -0.481 e. The maximum Gasteiger partial charge on any atom is 0.317 e. The molecule has 0 radical (unpaired) electrons. The highest BCUT2D eigenvalue weighted by Crippen LogP contribution is 2.72. The molecular weight excluding hydrogens is 668 g/mol.